The number of nitrogens with zero attached hydrogens (tertiary/aromatic N) is 2. The fourth-order valence-electron chi connectivity index (χ4n) is 3.26. The number of aryl methyl sites for hydroxylation is 1. The SMILES string of the molecule is C1CC1.C=CCC.Cc1cc(-c2ccc3[nH]ccc3c2)ccn1.OCCCN1CCCC1.[V]. The largest absolute Gasteiger partial charge is 0.396 e. The molecule has 1 saturated carbocycles. The van der Waals surface area contributed by atoms with Gasteiger partial charge in [-0.1, -0.05) is 38.3 Å². The van der Waals surface area contributed by atoms with Gasteiger partial charge in [-0.05, 0) is 92.5 Å². The molecule has 3 aromatic rings. The van der Waals surface area contributed by atoms with E-state index in [1.165, 1.54) is 67.2 Å². The third kappa shape index (κ3) is 12.3. The average molecular weight is 487 g/mol. The predicted octanol–water partition coefficient (Wildman–Crippen LogP) is 6.75. The standard InChI is InChI=1S/C14H12N2.C7H15NO.C4H8.C3H6.V/c1-10-8-12(4-6-15-10)11-2-3-14-13(9-11)5-7-16-14;9-7-3-6-8-4-1-2-5-8;1-3-4-2;1-2-3-1;/h2-9,16H,1H3;9H,1-7H2;3H,1,4H2,2H3;1-3H2;. The van der Waals surface area contributed by atoms with E-state index in [1.807, 2.05) is 31.5 Å². The third-order valence-electron chi connectivity index (χ3n) is 5.26. The second-order valence-corrected chi connectivity index (χ2v) is 8.35. The van der Waals surface area contributed by atoms with Gasteiger partial charge in [0.05, 0.1) is 0 Å². The normalized spacial score (nSPS) is 13.9. The molecule has 4 nitrogen and oxygen atoms in total. The van der Waals surface area contributed by atoms with Crippen molar-refractivity contribution in [3.05, 3.63) is 67.1 Å². The van der Waals surface area contributed by atoms with E-state index in [1.54, 1.807) is 0 Å². The van der Waals surface area contributed by atoms with Crippen molar-refractivity contribution in [2.75, 3.05) is 26.2 Å². The fourth-order valence-corrected chi connectivity index (χ4v) is 3.26. The van der Waals surface area contributed by atoms with Crippen LogP contribution in [0.2, 0.25) is 0 Å². The molecule has 3 heterocycles. The topological polar surface area (TPSA) is 52.1 Å². The van der Waals surface area contributed by atoms with Gasteiger partial charge in [-0.25, -0.2) is 0 Å². The summed E-state index contributed by atoms with van der Waals surface area (Å²) in [5.74, 6) is 0. The second kappa shape index (κ2) is 17.6. The van der Waals surface area contributed by atoms with E-state index < -0.39 is 0 Å². The van der Waals surface area contributed by atoms with Gasteiger partial charge >= 0.3 is 0 Å². The summed E-state index contributed by atoms with van der Waals surface area (Å²) in [6.07, 6.45) is 14.9. The maximum atomic E-state index is 8.50. The molecule has 1 aliphatic carbocycles. The predicted molar refractivity (Wildman–Crippen MR) is 138 cm³/mol. The molecule has 5 rings (SSSR count). The van der Waals surface area contributed by atoms with Crippen molar-refractivity contribution in [3.8, 4) is 11.1 Å². The van der Waals surface area contributed by atoms with E-state index in [2.05, 4.69) is 58.7 Å². The third-order valence-corrected chi connectivity index (χ3v) is 5.26. The number of likely N-dealkylation sites (tertiary alicyclic amines) is 1. The van der Waals surface area contributed by atoms with E-state index in [-0.39, 0.29) is 18.6 Å². The minimum absolute atomic E-state index is 0. The van der Waals surface area contributed by atoms with E-state index >= 15 is 0 Å². The summed E-state index contributed by atoms with van der Waals surface area (Å²) in [5, 5.41) is 9.74. The zero-order valence-corrected chi connectivity index (χ0v) is 21.9. The van der Waals surface area contributed by atoms with E-state index in [0.717, 1.165) is 25.1 Å². The van der Waals surface area contributed by atoms with Crippen LogP contribution in [0.3, 0.4) is 0 Å². The molecule has 0 amide bonds. The summed E-state index contributed by atoms with van der Waals surface area (Å²) in [5.41, 5.74) is 4.68. The summed E-state index contributed by atoms with van der Waals surface area (Å²) in [6.45, 7) is 11.5. The Bertz CT molecular complexity index is 898. The van der Waals surface area contributed by atoms with Gasteiger partial charge in [-0.2, -0.15) is 0 Å². The number of hydrogen-bond donors (Lipinski definition) is 2. The van der Waals surface area contributed by atoms with Crippen LogP contribution in [0.5, 0.6) is 0 Å². The van der Waals surface area contributed by atoms with Crippen molar-refractivity contribution in [1.82, 2.24) is 14.9 Å². The minimum Gasteiger partial charge on any atom is -0.396 e. The number of pyridine rings is 1. The van der Waals surface area contributed by atoms with Gasteiger partial charge < -0.3 is 15.0 Å². The van der Waals surface area contributed by atoms with Crippen molar-refractivity contribution >= 4 is 10.9 Å². The summed E-state index contributed by atoms with van der Waals surface area (Å²) in [6, 6.07) is 12.7. The molecular weight excluding hydrogens is 445 g/mol. The first-order chi connectivity index (χ1) is 15.7. The first kappa shape index (κ1) is 29.2. The Morgan fingerprint density at radius 2 is 1.70 bits per heavy atom. The molecular formula is C28H41N3OV. The molecule has 1 aliphatic heterocycles. The van der Waals surface area contributed by atoms with Crippen LogP contribution in [-0.4, -0.2) is 46.2 Å². The molecule has 0 unspecified atom stereocenters. The number of hydrogen-bond acceptors (Lipinski definition) is 3. The molecule has 2 aromatic heterocycles. The number of H-pyrrole nitrogens is 1. The molecule has 0 bridgehead atoms. The zero-order valence-electron chi connectivity index (χ0n) is 20.5. The van der Waals surface area contributed by atoms with Gasteiger partial charge in [-0.3, -0.25) is 4.98 Å². The number of fused-ring (bicyclic) bond motifs is 1. The number of aromatic amines is 1. The van der Waals surface area contributed by atoms with Crippen LogP contribution in [0.4, 0.5) is 0 Å². The van der Waals surface area contributed by atoms with Gasteiger partial charge in [0.2, 0.25) is 0 Å². The Morgan fingerprint density at radius 3 is 2.27 bits per heavy atom. The van der Waals surface area contributed by atoms with Gasteiger partial charge in [0, 0.05) is 55.3 Å². The molecule has 179 valence electrons. The molecule has 2 fully saturated rings. The van der Waals surface area contributed by atoms with Crippen LogP contribution < -0.4 is 0 Å². The molecule has 0 atom stereocenters. The van der Waals surface area contributed by atoms with E-state index in [0.29, 0.717) is 6.61 Å². The van der Waals surface area contributed by atoms with Crippen LogP contribution in [-0.2, 0) is 18.6 Å². The van der Waals surface area contributed by atoms with Crippen molar-refractivity contribution in [2.24, 2.45) is 0 Å². The number of rotatable bonds is 5. The monoisotopic (exact) mass is 486 g/mol. The van der Waals surface area contributed by atoms with Crippen LogP contribution in [0.15, 0.2) is 61.4 Å². The molecule has 2 aliphatic rings. The second-order valence-electron chi connectivity index (χ2n) is 8.35. The molecule has 33 heavy (non-hydrogen) atoms. The molecule has 1 radical (unpaired) electrons. The van der Waals surface area contributed by atoms with Crippen LogP contribution in [0.1, 0.15) is 57.6 Å². The molecule has 2 N–H and O–H groups in total. The molecule has 1 saturated heterocycles. The molecule has 1 aromatic carbocycles. The Balaban J connectivity index is 0.000000270. The first-order valence-electron chi connectivity index (χ1n) is 12.1. The maximum Gasteiger partial charge on any atom is 0.0454 e. The van der Waals surface area contributed by atoms with Crippen molar-refractivity contribution in [3.63, 3.8) is 0 Å². The number of nitrogens with one attached hydrogen (secondary N) is 1. The Kier molecular flexibility index (Phi) is 15.6. The fraction of sp³-hybridized carbons (Fsp3) is 0.464. The zero-order chi connectivity index (χ0) is 23.0. The van der Waals surface area contributed by atoms with Gasteiger partial charge in [0.25, 0.3) is 0 Å². The number of aromatic nitrogens is 2. The summed E-state index contributed by atoms with van der Waals surface area (Å²) >= 11 is 0. The van der Waals surface area contributed by atoms with Crippen molar-refractivity contribution in [2.45, 2.75) is 58.8 Å². The van der Waals surface area contributed by atoms with E-state index in [4.69, 9.17) is 5.11 Å². The van der Waals surface area contributed by atoms with Crippen molar-refractivity contribution in [1.29, 1.82) is 0 Å². The van der Waals surface area contributed by atoms with Crippen molar-refractivity contribution < 1.29 is 23.7 Å². The maximum absolute atomic E-state index is 8.50. The molecule has 5 heteroatoms. The number of aliphatic hydroxyl groups excluding tert-OH is 1. The Morgan fingerprint density at radius 1 is 1.03 bits per heavy atom. The van der Waals surface area contributed by atoms with Crippen LogP contribution >= 0.6 is 0 Å². The summed E-state index contributed by atoms with van der Waals surface area (Å²) in [7, 11) is 0. The number of aliphatic hydroxyl groups is 1. The quantitative estimate of drug-likeness (QED) is 0.392. The van der Waals surface area contributed by atoms with Crippen LogP contribution in [0, 0.1) is 6.92 Å². The first-order valence-corrected chi connectivity index (χ1v) is 12.1. The minimum atomic E-state index is 0. The summed E-state index contributed by atoms with van der Waals surface area (Å²) in [4.78, 5) is 9.82. The van der Waals surface area contributed by atoms with Crippen LogP contribution in [0.25, 0.3) is 22.0 Å². The average Bonchev–Trinajstić information content (AvgIpc) is 3.47. The van der Waals surface area contributed by atoms with Gasteiger partial charge in [-0.15, -0.1) is 6.58 Å². The van der Waals surface area contributed by atoms with Gasteiger partial charge in [0.1, 0.15) is 0 Å². The van der Waals surface area contributed by atoms with E-state index in [9.17, 15) is 0 Å². The Hall–Kier alpha value is -1.85. The smallest absolute Gasteiger partial charge is 0.0454 e. The number of allylic oxidation sites excluding steroid dienone is 1. The van der Waals surface area contributed by atoms with Gasteiger partial charge in [0.15, 0.2) is 0 Å². The number of benzene rings is 1. The Labute approximate surface area is 212 Å². The molecule has 0 spiro atoms. The summed E-state index contributed by atoms with van der Waals surface area (Å²) < 4.78 is 0.